The van der Waals surface area contributed by atoms with Gasteiger partial charge < -0.3 is 4.52 Å². The van der Waals surface area contributed by atoms with Crippen LogP contribution in [0.15, 0.2) is 21.3 Å². The van der Waals surface area contributed by atoms with E-state index < -0.39 is 0 Å². The molecule has 2 heterocycles. The fraction of sp³-hybridized carbons (Fsp3) is 0.222. The predicted molar refractivity (Wildman–Crippen MR) is 57.2 cm³/mol. The van der Waals surface area contributed by atoms with Crippen molar-refractivity contribution in [3.63, 3.8) is 0 Å². The normalized spacial score (nSPS) is 10.6. The Balaban J connectivity index is 2.48. The van der Waals surface area contributed by atoms with Crippen LogP contribution in [-0.2, 0) is 5.75 Å². The summed E-state index contributed by atoms with van der Waals surface area (Å²) in [5, 5.41) is 8.02. The Hall–Kier alpha value is -0.740. The van der Waals surface area contributed by atoms with E-state index in [1.54, 1.807) is 11.3 Å². The third-order valence-electron chi connectivity index (χ3n) is 1.95. The van der Waals surface area contributed by atoms with Gasteiger partial charge in [0.05, 0.1) is 5.69 Å². The zero-order chi connectivity index (χ0) is 9.26. The number of hydrogen-bond acceptors (Lipinski definition) is 4. The average Bonchev–Trinajstić information content (AvgIpc) is 2.72. The quantitative estimate of drug-likeness (QED) is 0.772. The Morgan fingerprint density at radius 3 is 3.00 bits per heavy atom. The van der Waals surface area contributed by atoms with Gasteiger partial charge in [-0.25, -0.2) is 0 Å². The molecule has 0 saturated heterocycles. The minimum Gasteiger partial charge on any atom is -0.356 e. The van der Waals surface area contributed by atoms with Gasteiger partial charge in [0.25, 0.3) is 0 Å². The van der Waals surface area contributed by atoms with E-state index in [-0.39, 0.29) is 0 Å². The van der Waals surface area contributed by atoms with E-state index in [4.69, 9.17) is 4.52 Å². The number of thiol groups is 1. The fourth-order valence-electron chi connectivity index (χ4n) is 1.18. The molecule has 13 heavy (non-hydrogen) atoms. The van der Waals surface area contributed by atoms with E-state index in [1.807, 2.05) is 18.4 Å². The highest BCUT2D eigenvalue weighted by Crippen LogP contribution is 2.27. The zero-order valence-corrected chi connectivity index (χ0v) is 8.86. The van der Waals surface area contributed by atoms with E-state index in [2.05, 4.69) is 23.2 Å². The highest BCUT2D eigenvalue weighted by molar-refractivity contribution is 7.79. The highest BCUT2D eigenvalue weighted by atomic mass is 32.1. The third-order valence-corrected chi connectivity index (χ3v) is 2.94. The van der Waals surface area contributed by atoms with Gasteiger partial charge in [-0.15, -0.1) is 0 Å². The smallest absolute Gasteiger partial charge is 0.170 e. The standard InChI is InChI=1S/C9H9NOS2/c1-6-8(4-12)10-11-9(6)7-2-3-13-5-7/h2-3,5,12H,4H2,1H3. The minimum atomic E-state index is 0.624. The Bertz CT molecular complexity index is 392. The molecule has 2 rings (SSSR count). The zero-order valence-electron chi connectivity index (χ0n) is 7.15. The van der Waals surface area contributed by atoms with Crippen molar-refractivity contribution in [1.29, 1.82) is 0 Å². The number of hydrogen-bond donors (Lipinski definition) is 1. The van der Waals surface area contributed by atoms with Gasteiger partial charge in [-0.1, -0.05) is 5.16 Å². The number of aromatic nitrogens is 1. The molecule has 0 atom stereocenters. The van der Waals surface area contributed by atoms with Crippen LogP contribution in [-0.4, -0.2) is 5.16 Å². The molecule has 0 aliphatic heterocycles. The lowest BCUT2D eigenvalue weighted by Crippen LogP contribution is -1.80. The lowest BCUT2D eigenvalue weighted by molar-refractivity contribution is 0.426. The summed E-state index contributed by atoms with van der Waals surface area (Å²) >= 11 is 5.82. The number of rotatable bonds is 2. The summed E-state index contributed by atoms with van der Waals surface area (Å²) in [7, 11) is 0. The second-order valence-electron chi connectivity index (χ2n) is 2.75. The van der Waals surface area contributed by atoms with Crippen LogP contribution in [0.5, 0.6) is 0 Å². The van der Waals surface area contributed by atoms with Crippen LogP contribution in [0.3, 0.4) is 0 Å². The largest absolute Gasteiger partial charge is 0.356 e. The number of thiophene rings is 1. The van der Waals surface area contributed by atoms with Gasteiger partial charge in [0, 0.05) is 22.3 Å². The lowest BCUT2D eigenvalue weighted by Gasteiger charge is -1.91. The van der Waals surface area contributed by atoms with Crippen molar-refractivity contribution in [2.24, 2.45) is 0 Å². The predicted octanol–water partition coefficient (Wildman–Crippen LogP) is 3.14. The van der Waals surface area contributed by atoms with Crippen LogP contribution in [0.25, 0.3) is 11.3 Å². The molecule has 0 spiro atoms. The van der Waals surface area contributed by atoms with E-state index in [9.17, 15) is 0 Å². The average molecular weight is 211 g/mol. The molecule has 4 heteroatoms. The molecular formula is C9H9NOS2. The van der Waals surface area contributed by atoms with Crippen LogP contribution < -0.4 is 0 Å². The van der Waals surface area contributed by atoms with Crippen molar-refractivity contribution in [3.05, 3.63) is 28.1 Å². The van der Waals surface area contributed by atoms with Crippen molar-refractivity contribution in [2.75, 3.05) is 0 Å². The fourth-order valence-corrected chi connectivity index (χ4v) is 2.11. The molecule has 0 aliphatic rings. The van der Waals surface area contributed by atoms with Crippen molar-refractivity contribution in [3.8, 4) is 11.3 Å². The molecule has 68 valence electrons. The minimum absolute atomic E-state index is 0.624. The second-order valence-corrected chi connectivity index (χ2v) is 3.85. The molecule has 0 saturated carbocycles. The molecule has 2 nitrogen and oxygen atoms in total. The van der Waals surface area contributed by atoms with Crippen molar-refractivity contribution in [2.45, 2.75) is 12.7 Å². The molecule has 2 aromatic rings. The molecule has 0 N–H and O–H groups in total. The van der Waals surface area contributed by atoms with Crippen molar-refractivity contribution in [1.82, 2.24) is 5.16 Å². The van der Waals surface area contributed by atoms with Gasteiger partial charge in [0.1, 0.15) is 0 Å². The van der Waals surface area contributed by atoms with Gasteiger partial charge in [0.2, 0.25) is 0 Å². The molecule has 0 bridgehead atoms. The first kappa shape index (κ1) is 8.84. The summed E-state index contributed by atoms with van der Waals surface area (Å²) in [5.74, 6) is 1.49. The highest BCUT2D eigenvalue weighted by Gasteiger charge is 2.12. The molecule has 0 fully saturated rings. The van der Waals surface area contributed by atoms with Crippen LogP contribution >= 0.6 is 24.0 Å². The van der Waals surface area contributed by atoms with E-state index >= 15 is 0 Å². The summed E-state index contributed by atoms with van der Waals surface area (Å²) in [6, 6.07) is 2.03. The summed E-state index contributed by atoms with van der Waals surface area (Å²) in [5.41, 5.74) is 3.11. The molecular weight excluding hydrogens is 202 g/mol. The SMILES string of the molecule is Cc1c(CS)noc1-c1ccsc1. The molecule has 0 aromatic carbocycles. The Kier molecular flexibility index (Phi) is 2.42. The third kappa shape index (κ3) is 1.51. The second kappa shape index (κ2) is 3.55. The topological polar surface area (TPSA) is 26.0 Å². The summed E-state index contributed by atoms with van der Waals surface area (Å²) in [6.45, 7) is 2.01. The van der Waals surface area contributed by atoms with Crippen molar-refractivity contribution >= 4 is 24.0 Å². The maximum atomic E-state index is 5.24. The van der Waals surface area contributed by atoms with Gasteiger partial charge in [-0.3, -0.25) is 0 Å². The van der Waals surface area contributed by atoms with E-state index in [1.165, 1.54) is 0 Å². The Morgan fingerprint density at radius 1 is 1.62 bits per heavy atom. The lowest BCUT2D eigenvalue weighted by atomic mass is 10.1. The van der Waals surface area contributed by atoms with Gasteiger partial charge in [-0.05, 0) is 18.4 Å². The molecule has 0 unspecified atom stereocenters. The molecule has 0 aliphatic carbocycles. The van der Waals surface area contributed by atoms with Gasteiger partial charge in [-0.2, -0.15) is 24.0 Å². The van der Waals surface area contributed by atoms with E-state index in [0.717, 1.165) is 22.6 Å². The maximum absolute atomic E-state index is 5.24. The first-order chi connectivity index (χ1) is 6.33. The Labute approximate surface area is 86.0 Å². The summed E-state index contributed by atoms with van der Waals surface area (Å²) < 4.78 is 5.24. The summed E-state index contributed by atoms with van der Waals surface area (Å²) in [4.78, 5) is 0. The van der Waals surface area contributed by atoms with E-state index in [0.29, 0.717) is 5.75 Å². The van der Waals surface area contributed by atoms with Crippen LogP contribution in [0.1, 0.15) is 11.3 Å². The monoisotopic (exact) mass is 211 g/mol. The Morgan fingerprint density at radius 2 is 2.46 bits per heavy atom. The van der Waals surface area contributed by atoms with Crippen molar-refractivity contribution < 1.29 is 4.52 Å². The molecule has 0 amide bonds. The van der Waals surface area contributed by atoms with Crippen LogP contribution in [0.4, 0.5) is 0 Å². The van der Waals surface area contributed by atoms with Crippen LogP contribution in [0.2, 0.25) is 0 Å². The molecule has 2 aromatic heterocycles. The maximum Gasteiger partial charge on any atom is 0.170 e. The van der Waals surface area contributed by atoms with Crippen LogP contribution in [0, 0.1) is 6.92 Å². The first-order valence-electron chi connectivity index (χ1n) is 3.91. The van der Waals surface area contributed by atoms with Gasteiger partial charge >= 0.3 is 0 Å². The van der Waals surface area contributed by atoms with Gasteiger partial charge in [0.15, 0.2) is 5.76 Å². The molecule has 0 radical (unpaired) electrons. The number of nitrogens with zero attached hydrogens (tertiary/aromatic N) is 1. The first-order valence-corrected chi connectivity index (χ1v) is 5.49. The summed E-state index contributed by atoms with van der Waals surface area (Å²) in [6.07, 6.45) is 0.